The average Bonchev–Trinajstić information content (AvgIpc) is 2.04. The van der Waals surface area contributed by atoms with E-state index in [4.69, 9.17) is 11.6 Å². The molecule has 0 radical (unpaired) electrons. The molecule has 1 rings (SSSR count). The Morgan fingerprint density at radius 2 is 2.31 bits per heavy atom. The van der Waals surface area contributed by atoms with Crippen molar-refractivity contribution in [1.29, 1.82) is 0 Å². The molecule has 0 saturated heterocycles. The summed E-state index contributed by atoms with van der Waals surface area (Å²) in [6, 6.07) is 2.67. The van der Waals surface area contributed by atoms with Crippen LogP contribution in [0.2, 0.25) is 0 Å². The molecule has 0 aliphatic rings. The van der Waals surface area contributed by atoms with Gasteiger partial charge in [-0.25, -0.2) is 4.39 Å². The molecule has 0 heterocycles. The molecule has 6 heteroatoms. The van der Waals surface area contributed by atoms with E-state index in [0.717, 1.165) is 18.2 Å². The first-order chi connectivity index (χ1) is 6.15. The lowest BCUT2D eigenvalue weighted by atomic mass is 10.3. The van der Waals surface area contributed by atoms with Crippen LogP contribution >= 0.6 is 11.6 Å². The van der Waals surface area contributed by atoms with Gasteiger partial charge >= 0.3 is 5.69 Å². The van der Waals surface area contributed by atoms with E-state index >= 15 is 0 Å². The Balaban J connectivity index is 3.10. The molecule has 0 atom stereocenters. The quantitative estimate of drug-likeness (QED) is 0.432. The predicted molar refractivity (Wildman–Crippen MR) is 44.4 cm³/mol. The molecule has 1 aromatic rings. The molecular formula is C7H5ClFNO3. The summed E-state index contributed by atoms with van der Waals surface area (Å²) >= 11 is 5.20. The lowest BCUT2D eigenvalue weighted by Gasteiger charge is -2.01. The van der Waals surface area contributed by atoms with Crippen molar-refractivity contribution in [2.75, 3.05) is 6.07 Å². The summed E-state index contributed by atoms with van der Waals surface area (Å²) in [5.41, 5.74) is -0.304. The second-order valence-electron chi connectivity index (χ2n) is 2.12. The first-order valence-electron chi connectivity index (χ1n) is 3.28. The number of rotatable bonds is 3. The van der Waals surface area contributed by atoms with Crippen molar-refractivity contribution in [3.63, 3.8) is 0 Å². The smallest absolute Gasteiger partial charge is 0.311 e. The van der Waals surface area contributed by atoms with Gasteiger partial charge in [-0.05, 0) is 6.07 Å². The third-order valence-corrected chi connectivity index (χ3v) is 1.44. The molecule has 13 heavy (non-hydrogen) atoms. The van der Waals surface area contributed by atoms with Crippen LogP contribution in [0.1, 0.15) is 0 Å². The van der Waals surface area contributed by atoms with E-state index in [1.54, 1.807) is 0 Å². The highest BCUT2D eigenvalue weighted by Gasteiger charge is 2.15. The van der Waals surface area contributed by atoms with Crippen molar-refractivity contribution < 1.29 is 14.1 Å². The minimum atomic E-state index is -0.665. The molecule has 0 aliphatic carbocycles. The zero-order valence-corrected chi connectivity index (χ0v) is 7.12. The normalized spacial score (nSPS) is 9.69. The summed E-state index contributed by atoms with van der Waals surface area (Å²) in [6.45, 7) is 0. The fourth-order valence-corrected chi connectivity index (χ4v) is 0.931. The number of hydrogen-bond donors (Lipinski definition) is 0. The first-order valence-corrected chi connectivity index (χ1v) is 3.81. The molecule has 1 aromatic carbocycles. The molecule has 0 saturated carbocycles. The van der Waals surface area contributed by atoms with Crippen molar-refractivity contribution in [2.45, 2.75) is 0 Å². The molecule has 0 N–H and O–H groups in total. The largest absolute Gasteiger partial charge is 0.471 e. The van der Waals surface area contributed by atoms with Crippen molar-refractivity contribution in [2.24, 2.45) is 0 Å². The summed E-state index contributed by atoms with van der Waals surface area (Å²) in [5, 5.41) is 10.4. The number of halogens is 2. The molecule has 0 fully saturated rings. The fourth-order valence-electron chi connectivity index (χ4n) is 0.813. The van der Waals surface area contributed by atoms with E-state index in [2.05, 4.69) is 4.74 Å². The Labute approximate surface area is 78.0 Å². The number of nitro benzene ring substituents is 1. The Hall–Kier alpha value is -1.36. The van der Waals surface area contributed by atoms with Crippen LogP contribution in [0, 0.1) is 15.9 Å². The molecular weight excluding hydrogens is 201 g/mol. The highest BCUT2D eigenvalue weighted by Crippen LogP contribution is 2.27. The first kappa shape index (κ1) is 9.73. The highest BCUT2D eigenvalue weighted by molar-refractivity contribution is 6.17. The van der Waals surface area contributed by atoms with E-state index in [9.17, 15) is 14.5 Å². The highest BCUT2D eigenvalue weighted by atomic mass is 35.5. The number of benzene rings is 1. The van der Waals surface area contributed by atoms with Crippen LogP contribution < -0.4 is 4.74 Å². The van der Waals surface area contributed by atoms with E-state index < -0.39 is 10.7 Å². The summed E-state index contributed by atoms with van der Waals surface area (Å²) < 4.78 is 17.3. The molecule has 0 bridgehead atoms. The molecule has 70 valence electrons. The van der Waals surface area contributed by atoms with Gasteiger partial charge in [0.2, 0.25) is 5.75 Å². The zero-order valence-electron chi connectivity index (χ0n) is 6.37. The van der Waals surface area contributed by atoms with Gasteiger partial charge < -0.3 is 4.74 Å². The molecule has 0 unspecified atom stereocenters. The maximum atomic E-state index is 12.6. The second-order valence-corrected chi connectivity index (χ2v) is 2.34. The summed E-state index contributed by atoms with van der Waals surface area (Å²) in [5.74, 6) is -0.772. The Morgan fingerprint density at radius 3 is 2.85 bits per heavy atom. The Kier molecular flexibility index (Phi) is 3.02. The molecule has 0 aromatic heterocycles. The van der Waals surface area contributed by atoms with Crippen LogP contribution in [0.25, 0.3) is 0 Å². The molecule has 0 spiro atoms. The van der Waals surface area contributed by atoms with E-state index in [1.807, 2.05) is 0 Å². The molecule has 0 aliphatic heterocycles. The van der Waals surface area contributed by atoms with Gasteiger partial charge in [-0.1, -0.05) is 11.6 Å². The number of alkyl halides is 1. The summed E-state index contributed by atoms with van der Waals surface area (Å²) in [6.07, 6.45) is 0. The number of nitrogens with zero attached hydrogens (tertiary/aromatic N) is 1. The summed E-state index contributed by atoms with van der Waals surface area (Å²) in [4.78, 5) is 9.70. The third-order valence-electron chi connectivity index (χ3n) is 1.33. The van der Waals surface area contributed by atoms with E-state index in [-0.39, 0.29) is 17.5 Å². The van der Waals surface area contributed by atoms with Gasteiger partial charge in [-0.2, -0.15) is 0 Å². The van der Waals surface area contributed by atoms with E-state index in [1.165, 1.54) is 0 Å². The van der Waals surface area contributed by atoms with Crippen LogP contribution in [0.5, 0.6) is 5.75 Å². The van der Waals surface area contributed by atoms with Gasteiger partial charge in [-0.15, -0.1) is 0 Å². The maximum absolute atomic E-state index is 12.6. The van der Waals surface area contributed by atoms with Crippen molar-refractivity contribution in [1.82, 2.24) is 0 Å². The third kappa shape index (κ3) is 2.29. The van der Waals surface area contributed by atoms with Crippen molar-refractivity contribution in [3.05, 3.63) is 34.1 Å². The summed E-state index contributed by atoms with van der Waals surface area (Å²) in [7, 11) is 0. The monoisotopic (exact) mass is 205 g/mol. The van der Waals surface area contributed by atoms with Crippen molar-refractivity contribution in [3.8, 4) is 5.75 Å². The topological polar surface area (TPSA) is 52.4 Å². The van der Waals surface area contributed by atoms with Gasteiger partial charge in [0.1, 0.15) is 5.82 Å². The van der Waals surface area contributed by atoms with Crippen molar-refractivity contribution >= 4 is 17.3 Å². The van der Waals surface area contributed by atoms with Crippen LogP contribution in [-0.2, 0) is 0 Å². The minimum Gasteiger partial charge on any atom is -0.471 e. The van der Waals surface area contributed by atoms with Crippen LogP contribution in [0.4, 0.5) is 10.1 Å². The standard InChI is InChI=1S/C7H5ClFNO3/c8-4-13-7-3-5(9)1-2-6(7)10(11)12/h1-3H,4H2. The Morgan fingerprint density at radius 1 is 1.62 bits per heavy atom. The molecule has 4 nitrogen and oxygen atoms in total. The lowest BCUT2D eigenvalue weighted by molar-refractivity contribution is -0.385. The number of ether oxygens (including phenoxy) is 1. The number of nitro groups is 1. The fraction of sp³-hybridized carbons (Fsp3) is 0.143. The maximum Gasteiger partial charge on any atom is 0.311 e. The van der Waals surface area contributed by atoms with Gasteiger partial charge in [-0.3, -0.25) is 10.1 Å². The Bertz CT molecular complexity index is 332. The number of hydrogen-bond acceptors (Lipinski definition) is 3. The van der Waals surface area contributed by atoms with Gasteiger partial charge in [0.25, 0.3) is 0 Å². The van der Waals surface area contributed by atoms with Crippen LogP contribution in [0.15, 0.2) is 18.2 Å². The van der Waals surface area contributed by atoms with Gasteiger partial charge in [0.05, 0.1) is 4.92 Å². The van der Waals surface area contributed by atoms with E-state index in [0.29, 0.717) is 0 Å². The van der Waals surface area contributed by atoms with Gasteiger partial charge in [0.15, 0.2) is 6.07 Å². The minimum absolute atomic E-state index is 0.167. The van der Waals surface area contributed by atoms with Crippen LogP contribution in [0.3, 0.4) is 0 Å². The molecule has 0 amide bonds. The lowest BCUT2D eigenvalue weighted by Crippen LogP contribution is -1.96. The average molecular weight is 206 g/mol. The predicted octanol–water partition coefficient (Wildman–Crippen LogP) is 2.31. The second kappa shape index (κ2) is 4.04. The SMILES string of the molecule is O=[N+]([O-])c1ccc(F)cc1OCCl. The van der Waals surface area contributed by atoms with Gasteiger partial charge in [0, 0.05) is 12.1 Å². The zero-order chi connectivity index (χ0) is 9.84. The van der Waals surface area contributed by atoms with Crippen LogP contribution in [-0.4, -0.2) is 11.0 Å².